The molecule has 2 rings (SSSR count). The van der Waals surface area contributed by atoms with Gasteiger partial charge in [-0.2, -0.15) is 0 Å². The van der Waals surface area contributed by atoms with Gasteiger partial charge in [-0.1, -0.05) is 24.3 Å². The second-order valence-electron chi connectivity index (χ2n) is 5.25. The minimum Gasteiger partial charge on any atom is -0.488 e. The minimum atomic E-state index is 0.0264. The summed E-state index contributed by atoms with van der Waals surface area (Å²) in [4.78, 5) is 14.0. The van der Waals surface area contributed by atoms with E-state index in [4.69, 9.17) is 4.74 Å². The van der Waals surface area contributed by atoms with E-state index in [0.29, 0.717) is 18.7 Å². The highest BCUT2D eigenvalue weighted by Gasteiger charge is 2.10. The van der Waals surface area contributed by atoms with E-state index < -0.39 is 0 Å². The first-order valence-electron chi connectivity index (χ1n) is 7.48. The highest BCUT2D eigenvalue weighted by Crippen LogP contribution is 2.24. The standard InChI is InChI=1S/C18H21BrN2O2/c1-20-11-12-21(2)18(22)15-9-7-14(8-10-15)13-23-17-6-4-3-5-16(17)19/h3-10,20H,11-13H2,1-2H3. The lowest BCUT2D eigenvalue weighted by molar-refractivity contribution is 0.0797. The maximum absolute atomic E-state index is 12.2. The summed E-state index contributed by atoms with van der Waals surface area (Å²) >= 11 is 3.46. The number of benzene rings is 2. The van der Waals surface area contributed by atoms with Crippen molar-refractivity contribution >= 4 is 21.8 Å². The maximum atomic E-state index is 12.2. The van der Waals surface area contributed by atoms with Gasteiger partial charge < -0.3 is 15.0 Å². The third-order valence-corrected chi connectivity index (χ3v) is 4.13. The fraction of sp³-hybridized carbons (Fsp3) is 0.278. The molecular formula is C18H21BrN2O2. The molecule has 0 atom stereocenters. The van der Waals surface area contributed by atoms with Gasteiger partial charge in [0.25, 0.3) is 5.91 Å². The summed E-state index contributed by atoms with van der Waals surface area (Å²) in [6.07, 6.45) is 0. The van der Waals surface area contributed by atoms with Crippen LogP contribution in [0.2, 0.25) is 0 Å². The van der Waals surface area contributed by atoms with Gasteiger partial charge in [0.2, 0.25) is 0 Å². The number of hydrogen-bond donors (Lipinski definition) is 1. The van der Waals surface area contributed by atoms with Crippen LogP contribution >= 0.6 is 15.9 Å². The fourth-order valence-electron chi connectivity index (χ4n) is 2.07. The largest absolute Gasteiger partial charge is 0.488 e. The Morgan fingerprint density at radius 1 is 1.17 bits per heavy atom. The van der Waals surface area contributed by atoms with Crippen LogP contribution in [0.15, 0.2) is 53.0 Å². The normalized spacial score (nSPS) is 10.4. The Labute approximate surface area is 145 Å². The molecule has 1 N–H and O–H groups in total. The number of nitrogens with one attached hydrogen (secondary N) is 1. The zero-order valence-electron chi connectivity index (χ0n) is 13.4. The molecule has 5 heteroatoms. The number of para-hydroxylation sites is 1. The molecule has 1 amide bonds. The predicted octanol–water partition coefficient (Wildman–Crippen LogP) is 3.32. The molecule has 4 nitrogen and oxygen atoms in total. The van der Waals surface area contributed by atoms with E-state index in [1.54, 1.807) is 4.90 Å². The van der Waals surface area contributed by atoms with Gasteiger partial charge in [0.15, 0.2) is 0 Å². The quantitative estimate of drug-likeness (QED) is 0.805. The van der Waals surface area contributed by atoms with Gasteiger partial charge in [-0.25, -0.2) is 0 Å². The molecule has 0 saturated carbocycles. The molecule has 0 aromatic heterocycles. The molecule has 0 aliphatic heterocycles. The van der Waals surface area contributed by atoms with Crippen LogP contribution in [-0.4, -0.2) is 38.0 Å². The van der Waals surface area contributed by atoms with Crippen LogP contribution in [0.1, 0.15) is 15.9 Å². The number of nitrogens with zero attached hydrogens (tertiary/aromatic N) is 1. The van der Waals surface area contributed by atoms with Crippen LogP contribution < -0.4 is 10.1 Å². The van der Waals surface area contributed by atoms with Crippen molar-refractivity contribution < 1.29 is 9.53 Å². The molecule has 0 aliphatic rings. The monoisotopic (exact) mass is 376 g/mol. The maximum Gasteiger partial charge on any atom is 0.253 e. The number of ether oxygens (including phenoxy) is 1. The van der Waals surface area contributed by atoms with Crippen LogP contribution in [-0.2, 0) is 6.61 Å². The first-order valence-corrected chi connectivity index (χ1v) is 8.27. The number of hydrogen-bond acceptors (Lipinski definition) is 3. The first kappa shape index (κ1) is 17.5. The second kappa shape index (κ2) is 8.70. The van der Waals surface area contributed by atoms with Crippen LogP contribution in [0.25, 0.3) is 0 Å². The zero-order chi connectivity index (χ0) is 16.7. The summed E-state index contributed by atoms with van der Waals surface area (Å²) < 4.78 is 6.70. The van der Waals surface area contributed by atoms with Crippen LogP contribution in [0, 0.1) is 0 Å². The molecule has 0 radical (unpaired) electrons. The molecule has 0 bridgehead atoms. The van der Waals surface area contributed by atoms with Crippen molar-refractivity contribution in [2.45, 2.75) is 6.61 Å². The first-order chi connectivity index (χ1) is 11.1. The molecule has 0 fully saturated rings. The molecule has 2 aromatic rings. The number of carbonyl (C=O) groups is 1. The highest BCUT2D eigenvalue weighted by atomic mass is 79.9. The SMILES string of the molecule is CNCCN(C)C(=O)c1ccc(COc2ccccc2Br)cc1. The van der Waals surface area contributed by atoms with Crippen molar-refractivity contribution in [2.24, 2.45) is 0 Å². The number of carbonyl (C=O) groups excluding carboxylic acids is 1. The molecule has 23 heavy (non-hydrogen) atoms. The van der Waals surface area contributed by atoms with E-state index in [0.717, 1.165) is 22.3 Å². The van der Waals surface area contributed by atoms with Crippen LogP contribution in [0.3, 0.4) is 0 Å². The smallest absolute Gasteiger partial charge is 0.253 e. The summed E-state index contributed by atoms with van der Waals surface area (Å²) in [6.45, 7) is 1.93. The molecule has 0 unspecified atom stereocenters. The molecular weight excluding hydrogens is 356 g/mol. The van der Waals surface area contributed by atoms with Crippen molar-refractivity contribution in [2.75, 3.05) is 27.2 Å². The lowest BCUT2D eigenvalue weighted by Crippen LogP contribution is -2.32. The van der Waals surface area contributed by atoms with Crippen molar-refractivity contribution in [3.05, 3.63) is 64.1 Å². The topological polar surface area (TPSA) is 41.6 Å². The molecule has 2 aromatic carbocycles. The molecule has 122 valence electrons. The lowest BCUT2D eigenvalue weighted by atomic mass is 10.1. The van der Waals surface area contributed by atoms with E-state index in [9.17, 15) is 4.79 Å². The van der Waals surface area contributed by atoms with E-state index in [1.807, 2.05) is 62.6 Å². The van der Waals surface area contributed by atoms with Gasteiger partial charge in [-0.15, -0.1) is 0 Å². The van der Waals surface area contributed by atoms with Gasteiger partial charge in [0.1, 0.15) is 12.4 Å². The molecule has 0 spiro atoms. The number of likely N-dealkylation sites (N-methyl/N-ethyl adjacent to an activating group) is 2. The zero-order valence-corrected chi connectivity index (χ0v) is 15.0. The van der Waals surface area contributed by atoms with Gasteiger partial charge >= 0.3 is 0 Å². The Bertz CT molecular complexity index is 644. The predicted molar refractivity (Wildman–Crippen MR) is 95.8 cm³/mol. The Hall–Kier alpha value is -1.85. The van der Waals surface area contributed by atoms with E-state index in [-0.39, 0.29) is 5.91 Å². The van der Waals surface area contributed by atoms with Gasteiger partial charge in [0, 0.05) is 25.7 Å². The van der Waals surface area contributed by atoms with Crippen molar-refractivity contribution in [1.82, 2.24) is 10.2 Å². The summed E-state index contributed by atoms with van der Waals surface area (Å²) in [6, 6.07) is 15.3. The van der Waals surface area contributed by atoms with E-state index in [1.165, 1.54) is 0 Å². The molecule has 0 saturated heterocycles. The summed E-state index contributed by atoms with van der Waals surface area (Å²) in [5.74, 6) is 0.831. The molecule has 0 heterocycles. The van der Waals surface area contributed by atoms with Crippen LogP contribution in [0.5, 0.6) is 5.75 Å². The lowest BCUT2D eigenvalue weighted by Gasteiger charge is -2.17. The summed E-state index contributed by atoms with van der Waals surface area (Å²) in [5.41, 5.74) is 1.71. The number of amides is 1. The van der Waals surface area contributed by atoms with Crippen molar-refractivity contribution in [3.63, 3.8) is 0 Å². The Balaban J connectivity index is 1.94. The fourth-order valence-corrected chi connectivity index (χ4v) is 2.47. The van der Waals surface area contributed by atoms with Crippen molar-refractivity contribution in [1.29, 1.82) is 0 Å². The third-order valence-electron chi connectivity index (χ3n) is 3.48. The average Bonchev–Trinajstić information content (AvgIpc) is 2.59. The van der Waals surface area contributed by atoms with Gasteiger partial charge in [-0.05, 0) is 52.8 Å². The average molecular weight is 377 g/mol. The Kier molecular flexibility index (Phi) is 6.62. The number of halogens is 1. The van der Waals surface area contributed by atoms with Crippen LogP contribution in [0.4, 0.5) is 0 Å². The van der Waals surface area contributed by atoms with Crippen molar-refractivity contribution in [3.8, 4) is 5.75 Å². The summed E-state index contributed by atoms with van der Waals surface area (Å²) in [5, 5.41) is 3.04. The third kappa shape index (κ3) is 5.08. The Morgan fingerprint density at radius 3 is 2.52 bits per heavy atom. The van der Waals surface area contributed by atoms with Gasteiger partial charge in [-0.3, -0.25) is 4.79 Å². The number of rotatable bonds is 7. The van der Waals surface area contributed by atoms with E-state index >= 15 is 0 Å². The molecule has 0 aliphatic carbocycles. The van der Waals surface area contributed by atoms with E-state index in [2.05, 4.69) is 21.2 Å². The highest BCUT2D eigenvalue weighted by molar-refractivity contribution is 9.10. The van der Waals surface area contributed by atoms with Gasteiger partial charge in [0.05, 0.1) is 4.47 Å². The minimum absolute atomic E-state index is 0.0264. The summed E-state index contributed by atoms with van der Waals surface area (Å²) in [7, 11) is 3.68. The Morgan fingerprint density at radius 2 is 1.87 bits per heavy atom. The second-order valence-corrected chi connectivity index (χ2v) is 6.10.